The van der Waals surface area contributed by atoms with Crippen molar-refractivity contribution in [1.29, 1.82) is 0 Å². The molecule has 1 fully saturated rings. The van der Waals surface area contributed by atoms with Crippen molar-refractivity contribution in [3.8, 4) is 5.75 Å². The van der Waals surface area contributed by atoms with Crippen LogP contribution in [0.2, 0.25) is 0 Å². The van der Waals surface area contributed by atoms with Crippen molar-refractivity contribution in [2.24, 2.45) is 0 Å². The lowest BCUT2D eigenvalue weighted by molar-refractivity contribution is 0.114. The highest BCUT2D eigenvalue weighted by Gasteiger charge is 2.15. The minimum absolute atomic E-state index is 0.264. The first-order valence-electron chi connectivity index (χ1n) is 8.05. The fraction of sp³-hybridized carbons (Fsp3) is 0.412. The van der Waals surface area contributed by atoms with E-state index in [1.54, 1.807) is 13.3 Å². The maximum atomic E-state index is 5.57. The second-order valence-corrected chi connectivity index (χ2v) is 6.16. The van der Waals surface area contributed by atoms with Crippen LogP contribution in [0.3, 0.4) is 0 Å². The van der Waals surface area contributed by atoms with E-state index in [-0.39, 0.29) is 6.10 Å². The predicted molar refractivity (Wildman–Crippen MR) is 97.5 cm³/mol. The smallest absolute Gasteiger partial charge is 0.170 e. The van der Waals surface area contributed by atoms with Crippen LogP contribution in [-0.2, 0) is 11.3 Å². The third-order valence-electron chi connectivity index (χ3n) is 3.88. The summed E-state index contributed by atoms with van der Waals surface area (Å²) in [7, 11) is 1.67. The van der Waals surface area contributed by atoms with Gasteiger partial charge in [0.15, 0.2) is 5.11 Å². The highest BCUT2D eigenvalue weighted by molar-refractivity contribution is 7.80. The fourth-order valence-electron chi connectivity index (χ4n) is 2.66. The molecule has 1 aromatic carbocycles. The van der Waals surface area contributed by atoms with E-state index in [0.29, 0.717) is 11.7 Å². The topological polar surface area (TPSA) is 60.3 Å². The number of benzene rings is 1. The minimum Gasteiger partial charge on any atom is -0.497 e. The van der Waals surface area contributed by atoms with Gasteiger partial charge in [-0.25, -0.2) is 0 Å². The van der Waals surface area contributed by atoms with Crippen LogP contribution >= 0.6 is 12.2 Å². The number of ether oxygens (including phenoxy) is 2. The number of thiocarbonyl (C=S) groups is 1. The second-order valence-electron chi connectivity index (χ2n) is 5.75. The average molecular weight is 346 g/mol. The highest BCUT2D eigenvalue weighted by atomic mass is 32.1. The number of nitrogens with one attached hydrogen (secondary N) is 2. The lowest BCUT2D eigenvalue weighted by atomic mass is 10.2. The maximum absolute atomic E-state index is 5.57. The largest absolute Gasteiger partial charge is 0.497 e. The van der Waals surface area contributed by atoms with E-state index >= 15 is 0 Å². The number of anilines is 1. The van der Waals surface area contributed by atoms with Gasteiger partial charge in [0.05, 0.1) is 31.6 Å². The summed E-state index contributed by atoms with van der Waals surface area (Å²) in [6, 6.07) is 7.95. The molecule has 1 atom stereocenters. The highest BCUT2D eigenvalue weighted by Crippen LogP contribution is 2.14. The molecule has 0 unspecified atom stereocenters. The van der Waals surface area contributed by atoms with Gasteiger partial charge in [-0.1, -0.05) is 12.1 Å². The molecular weight excluding hydrogens is 324 g/mol. The molecule has 1 aliphatic heterocycles. The van der Waals surface area contributed by atoms with Crippen LogP contribution in [0.4, 0.5) is 5.69 Å². The zero-order chi connectivity index (χ0) is 16.8. The van der Waals surface area contributed by atoms with E-state index in [0.717, 1.165) is 43.0 Å². The lowest BCUT2D eigenvalue weighted by Crippen LogP contribution is -2.34. The summed E-state index contributed by atoms with van der Waals surface area (Å²) >= 11 is 5.31. The molecule has 2 N–H and O–H groups in total. The van der Waals surface area contributed by atoms with E-state index in [9.17, 15) is 0 Å². The summed E-state index contributed by atoms with van der Waals surface area (Å²) in [5.74, 6) is 0.845. The summed E-state index contributed by atoms with van der Waals surface area (Å²) in [6.07, 6.45) is 6.18. The van der Waals surface area contributed by atoms with Crippen LogP contribution in [0.25, 0.3) is 0 Å². The zero-order valence-electron chi connectivity index (χ0n) is 13.7. The normalized spacial score (nSPS) is 16.8. The Labute approximate surface area is 147 Å². The summed E-state index contributed by atoms with van der Waals surface area (Å²) < 4.78 is 12.7. The summed E-state index contributed by atoms with van der Waals surface area (Å²) in [5, 5.41) is 11.3. The van der Waals surface area contributed by atoms with Crippen molar-refractivity contribution in [3.63, 3.8) is 0 Å². The van der Waals surface area contributed by atoms with E-state index in [4.69, 9.17) is 21.7 Å². The molecule has 0 radical (unpaired) electrons. The monoisotopic (exact) mass is 346 g/mol. The van der Waals surface area contributed by atoms with Crippen molar-refractivity contribution in [1.82, 2.24) is 15.1 Å². The minimum atomic E-state index is 0.264. The first-order chi connectivity index (χ1) is 11.7. The van der Waals surface area contributed by atoms with Gasteiger partial charge in [0, 0.05) is 19.3 Å². The van der Waals surface area contributed by atoms with Gasteiger partial charge in [-0.05, 0) is 42.8 Å². The van der Waals surface area contributed by atoms with Gasteiger partial charge in [0.1, 0.15) is 5.75 Å². The van der Waals surface area contributed by atoms with Gasteiger partial charge in [0.25, 0.3) is 0 Å². The Morgan fingerprint density at radius 3 is 3.21 bits per heavy atom. The molecule has 3 rings (SSSR count). The van der Waals surface area contributed by atoms with Gasteiger partial charge in [0.2, 0.25) is 0 Å². The number of aromatic nitrogens is 2. The Morgan fingerprint density at radius 2 is 2.42 bits per heavy atom. The Bertz CT molecular complexity index is 683. The average Bonchev–Trinajstić information content (AvgIpc) is 3.25. The molecular formula is C17H22N4O2S. The van der Waals surface area contributed by atoms with Gasteiger partial charge in [-0.3, -0.25) is 4.68 Å². The number of methoxy groups -OCH3 is 1. The van der Waals surface area contributed by atoms with Gasteiger partial charge < -0.3 is 20.1 Å². The molecule has 1 saturated heterocycles. The number of hydrogen-bond acceptors (Lipinski definition) is 4. The van der Waals surface area contributed by atoms with Crippen molar-refractivity contribution in [2.45, 2.75) is 25.5 Å². The molecule has 1 aliphatic rings. The third kappa shape index (κ3) is 4.69. The summed E-state index contributed by atoms with van der Waals surface area (Å²) in [5.41, 5.74) is 1.99. The molecule has 0 spiro atoms. The van der Waals surface area contributed by atoms with Crippen LogP contribution in [0.1, 0.15) is 18.4 Å². The first-order valence-corrected chi connectivity index (χ1v) is 8.45. The van der Waals surface area contributed by atoms with Gasteiger partial charge in [-0.2, -0.15) is 5.10 Å². The number of hydrogen-bond donors (Lipinski definition) is 2. The van der Waals surface area contributed by atoms with E-state index in [1.165, 1.54) is 0 Å². The SMILES string of the molecule is COc1cccc(Cn2cc(NC(=S)NC[C@H]3CCCO3)cn2)c1. The van der Waals surface area contributed by atoms with Crippen LogP contribution in [0.15, 0.2) is 36.7 Å². The molecule has 6 nitrogen and oxygen atoms in total. The third-order valence-corrected chi connectivity index (χ3v) is 4.13. The molecule has 128 valence electrons. The Balaban J connectivity index is 1.50. The van der Waals surface area contributed by atoms with Crippen LogP contribution in [-0.4, -0.2) is 41.3 Å². The molecule has 24 heavy (non-hydrogen) atoms. The number of rotatable bonds is 6. The Hall–Kier alpha value is -2.12. The molecule has 2 aromatic rings. The van der Waals surface area contributed by atoms with Crippen LogP contribution in [0.5, 0.6) is 5.75 Å². The molecule has 1 aromatic heterocycles. The van der Waals surface area contributed by atoms with E-state index in [1.807, 2.05) is 35.1 Å². The van der Waals surface area contributed by atoms with Crippen molar-refractivity contribution < 1.29 is 9.47 Å². The van der Waals surface area contributed by atoms with E-state index in [2.05, 4.69) is 15.7 Å². The van der Waals surface area contributed by atoms with E-state index < -0.39 is 0 Å². The fourth-order valence-corrected chi connectivity index (χ4v) is 2.86. The maximum Gasteiger partial charge on any atom is 0.170 e. The Morgan fingerprint density at radius 1 is 1.50 bits per heavy atom. The van der Waals surface area contributed by atoms with Crippen molar-refractivity contribution in [2.75, 3.05) is 25.6 Å². The Kier molecular flexibility index (Phi) is 5.66. The molecule has 2 heterocycles. The molecule has 0 bridgehead atoms. The standard InChI is InChI=1S/C17H22N4O2S/c1-22-15-5-2-4-13(8-15)11-21-12-14(9-19-21)20-17(24)18-10-16-6-3-7-23-16/h2,4-5,8-9,12,16H,3,6-7,10-11H2,1H3,(H2,18,20,24)/t16-/m1/s1. The van der Waals surface area contributed by atoms with Crippen LogP contribution in [0, 0.1) is 0 Å². The number of nitrogens with zero attached hydrogens (tertiary/aromatic N) is 2. The molecule has 0 saturated carbocycles. The quantitative estimate of drug-likeness (QED) is 0.784. The summed E-state index contributed by atoms with van der Waals surface area (Å²) in [4.78, 5) is 0. The van der Waals surface area contributed by atoms with Crippen molar-refractivity contribution >= 4 is 23.0 Å². The molecule has 0 aliphatic carbocycles. The predicted octanol–water partition coefficient (Wildman–Crippen LogP) is 2.41. The second kappa shape index (κ2) is 8.12. The molecule has 7 heteroatoms. The zero-order valence-corrected chi connectivity index (χ0v) is 14.5. The first kappa shape index (κ1) is 16.7. The summed E-state index contributed by atoms with van der Waals surface area (Å²) in [6.45, 7) is 2.27. The lowest BCUT2D eigenvalue weighted by Gasteiger charge is -2.13. The van der Waals surface area contributed by atoms with Gasteiger partial charge >= 0.3 is 0 Å². The molecule has 0 amide bonds. The van der Waals surface area contributed by atoms with Crippen LogP contribution < -0.4 is 15.4 Å². The van der Waals surface area contributed by atoms with Gasteiger partial charge in [-0.15, -0.1) is 0 Å². The van der Waals surface area contributed by atoms with Crippen molar-refractivity contribution in [3.05, 3.63) is 42.2 Å².